The Morgan fingerprint density at radius 1 is 1.04 bits per heavy atom. The summed E-state index contributed by atoms with van der Waals surface area (Å²) in [5.41, 5.74) is 1.60. The summed E-state index contributed by atoms with van der Waals surface area (Å²) >= 11 is 0. The predicted octanol–water partition coefficient (Wildman–Crippen LogP) is 2.72. The second-order valence-corrected chi connectivity index (χ2v) is 6.29. The Morgan fingerprint density at radius 2 is 1.62 bits per heavy atom. The van der Waals surface area contributed by atoms with Crippen molar-refractivity contribution in [2.75, 3.05) is 11.4 Å². The van der Waals surface area contributed by atoms with Gasteiger partial charge in [0, 0.05) is 5.69 Å². The number of rotatable bonds is 5. The van der Waals surface area contributed by atoms with Crippen LogP contribution in [0.2, 0.25) is 0 Å². The predicted molar refractivity (Wildman–Crippen MR) is 98.5 cm³/mol. The Morgan fingerprint density at radius 3 is 2.23 bits per heavy atom. The van der Waals surface area contributed by atoms with Crippen LogP contribution in [-0.2, 0) is 9.59 Å². The molecule has 0 radical (unpaired) electrons. The van der Waals surface area contributed by atoms with Gasteiger partial charge in [0.1, 0.15) is 12.6 Å². The Balaban J connectivity index is 1.68. The minimum absolute atomic E-state index is 0.209. The monoisotopic (exact) mass is 351 g/mol. The maximum absolute atomic E-state index is 12.7. The van der Waals surface area contributed by atoms with E-state index in [4.69, 9.17) is 0 Å². The van der Waals surface area contributed by atoms with Gasteiger partial charge in [0.05, 0.1) is 6.04 Å². The van der Waals surface area contributed by atoms with E-state index < -0.39 is 12.1 Å². The summed E-state index contributed by atoms with van der Waals surface area (Å²) in [5.74, 6) is -0.744. The molecule has 2 aromatic rings. The van der Waals surface area contributed by atoms with Crippen LogP contribution in [0.4, 0.5) is 10.5 Å². The molecule has 2 atom stereocenters. The van der Waals surface area contributed by atoms with Crippen LogP contribution in [0.15, 0.2) is 60.7 Å². The molecule has 0 unspecified atom stereocenters. The van der Waals surface area contributed by atoms with Gasteiger partial charge in [-0.1, -0.05) is 48.5 Å². The van der Waals surface area contributed by atoms with Crippen LogP contribution in [-0.4, -0.2) is 35.3 Å². The van der Waals surface area contributed by atoms with E-state index in [0.29, 0.717) is 5.69 Å². The number of amides is 4. The molecule has 1 aliphatic heterocycles. The molecule has 1 N–H and O–H groups in total. The molecule has 134 valence electrons. The van der Waals surface area contributed by atoms with Crippen molar-refractivity contribution in [2.45, 2.75) is 25.9 Å². The number of carbonyl (C=O) groups excluding carboxylic acids is 3. The van der Waals surface area contributed by atoms with Crippen molar-refractivity contribution in [1.29, 1.82) is 0 Å². The maximum atomic E-state index is 12.7. The van der Waals surface area contributed by atoms with Crippen LogP contribution in [0, 0.1) is 0 Å². The highest BCUT2D eigenvalue weighted by Crippen LogP contribution is 2.25. The Bertz CT molecular complexity index is 808. The number of anilines is 1. The third-order valence-corrected chi connectivity index (χ3v) is 4.46. The van der Waals surface area contributed by atoms with Crippen molar-refractivity contribution < 1.29 is 14.4 Å². The zero-order valence-electron chi connectivity index (χ0n) is 14.8. The molecule has 6 nitrogen and oxygen atoms in total. The van der Waals surface area contributed by atoms with Gasteiger partial charge in [-0.25, -0.2) is 4.79 Å². The van der Waals surface area contributed by atoms with E-state index in [1.54, 1.807) is 31.2 Å². The molecular formula is C20H21N3O3. The maximum Gasteiger partial charge on any atom is 0.332 e. The minimum Gasteiger partial charge on any atom is -0.348 e. The van der Waals surface area contributed by atoms with Crippen LogP contribution in [0.25, 0.3) is 0 Å². The zero-order chi connectivity index (χ0) is 18.7. The summed E-state index contributed by atoms with van der Waals surface area (Å²) in [7, 11) is 0. The molecule has 2 aromatic carbocycles. The average molecular weight is 351 g/mol. The van der Waals surface area contributed by atoms with Crippen LogP contribution >= 0.6 is 0 Å². The summed E-state index contributed by atoms with van der Waals surface area (Å²) in [6.07, 6.45) is 0. The fourth-order valence-electron chi connectivity index (χ4n) is 3.05. The number of imide groups is 1. The first-order chi connectivity index (χ1) is 12.5. The van der Waals surface area contributed by atoms with Gasteiger partial charge in [-0.3, -0.25) is 19.4 Å². The van der Waals surface area contributed by atoms with Gasteiger partial charge in [0.2, 0.25) is 5.91 Å². The van der Waals surface area contributed by atoms with Crippen LogP contribution in [0.1, 0.15) is 25.5 Å². The molecule has 6 heteroatoms. The fourth-order valence-corrected chi connectivity index (χ4v) is 3.05. The lowest BCUT2D eigenvalue weighted by Crippen LogP contribution is -2.42. The van der Waals surface area contributed by atoms with Gasteiger partial charge in [-0.2, -0.15) is 0 Å². The van der Waals surface area contributed by atoms with Gasteiger partial charge in [0.25, 0.3) is 5.91 Å². The highest BCUT2D eigenvalue weighted by atomic mass is 16.2. The number of nitrogens with zero attached hydrogens (tertiary/aromatic N) is 2. The second-order valence-electron chi connectivity index (χ2n) is 6.29. The van der Waals surface area contributed by atoms with Gasteiger partial charge in [0.15, 0.2) is 0 Å². The minimum atomic E-state index is -0.635. The number of nitrogens with one attached hydrogen (secondary N) is 1. The quantitative estimate of drug-likeness (QED) is 0.842. The molecule has 1 fully saturated rings. The van der Waals surface area contributed by atoms with Crippen molar-refractivity contribution in [3.63, 3.8) is 0 Å². The van der Waals surface area contributed by atoms with Crippen LogP contribution < -0.4 is 10.2 Å². The van der Waals surface area contributed by atoms with Crippen molar-refractivity contribution in [2.24, 2.45) is 0 Å². The SMILES string of the molecule is C[C@H](NC(=O)CN1C(=O)[C@@H](C)N(c2ccccc2)C1=O)c1ccccc1. The van der Waals surface area contributed by atoms with Crippen molar-refractivity contribution in [3.8, 4) is 0 Å². The molecule has 0 bridgehead atoms. The molecule has 0 spiro atoms. The third kappa shape index (κ3) is 3.44. The lowest BCUT2D eigenvalue weighted by Gasteiger charge is -2.20. The number of para-hydroxylation sites is 1. The Labute approximate surface area is 152 Å². The first kappa shape index (κ1) is 17.7. The molecule has 1 saturated heterocycles. The molecule has 3 rings (SSSR count). The molecular weight excluding hydrogens is 330 g/mol. The van der Waals surface area contributed by atoms with E-state index >= 15 is 0 Å². The topological polar surface area (TPSA) is 69.7 Å². The first-order valence-corrected chi connectivity index (χ1v) is 8.53. The summed E-state index contributed by atoms with van der Waals surface area (Å²) in [6.45, 7) is 3.24. The smallest absolute Gasteiger partial charge is 0.332 e. The lowest BCUT2D eigenvalue weighted by molar-refractivity contribution is -0.132. The standard InChI is InChI=1S/C20H21N3O3/c1-14(16-9-5-3-6-10-16)21-18(24)13-22-19(25)15(2)23(20(22)26)17-11-7-4-8-12-17/h3-12,14-15H,13H2,1-2H3,(H,21,24)/t14-,15+/m0/s1. The van der Waals surface area contributed by atoms with Gasteiger partial charge in [-0.05, 0) is 31.5 Å². The summed E-state index contributed by atoms with van der Waals surface area (Å²) in [5, 5.41) is 2.83. The summed E-state index contributed by atoms with van der Waals surface area (Å²) < 4.78 is 0. The van der Waals surface area contributed by atoms with E-state index in [-0.39, 0.29) is 24.4 Å². The number of benzene rings is 2. The largest absolute Gasteiger partial charge is 0.348 e. The van der Waals surface area contributed by atoms with Crippen molar-refractivity contribution in [3.05, 3.63) is 66.2 Å². The number of hydrogen-bond acceptors (Lipinski definition) is 3. The average Bonchev–Trinajstić information content (AvgIpc) is 2.86. The summed E-state index contributed by atoms with van der Waals surface area (Å²) in [6, 6.07) is 17.2. The van der Waals surface area contributed by atoms with Crippen molar-refractivity contribution >= 4 is 23.5 Å². The van der Waals surface area contributed by atoms with E-state index in [9.17, 15) is 14.4 Å². The number of carbonyl (C=O) groups is 3. The molecule has 1 heterocycles. The van der Waals surface area contributed by atoms with Gasteiger partial charge in [-0.15, -0.1) is 0 Å². The molecule has 1 aliphatic rings. The highest BCUT2D eigenvalue weighted by molar-refractivity contribution is 6.15. The second kappa shape index (κ2) is 7.39. The number of hydrogen-bond donors (Lipinski definition) is 1. The first-order valence-electron chi connectivity index (χ1n) is 8.53. The van der Waals surface area contributed by atoms with Crippen LogP contribution in [0.3, 0.4) is 0 Å². The lowest BCUT2D eigenvalue weighted by atomic mass is 10.1. The van der Waals surface area contributed by atoms with Gasteiger partial charge >= 0.3 is 6.03 Å². The molecule has 4 amide bonds. The van der Waals surface area contributed by atoms with Crippen LogP contribution in [0.5, 0.6) is 0 Å². The van der Waals surface area contributed by atoms with Gasteiger partial charge < -0.3 is 5.32 Å². The molecule has 0 aliphatic carbocycles. The zero-order valence-corrected chi connectivity index (χ0v) is 14.8. The fraction of sp³-hybridized carbons (Fsp3) is 0.250. The molecule has 26 heavy (non-hydrogen) atoms. The molecule has 0 saturated carbocycles. The molecule has 0 aromatic heterocycles. The number of urea groups is 1. The van der Waals surface area contributed by atoms with E-state index in [1.165, 1.54) is 4.90 Å². The Kier molecular flexibility index (Phi) is 5.02. The van der Waals surface area contributed by atoms with E-state index in [0.717, 1.165) is 10.5 Å². The normalized spacial score (nSPS) is 18.2. The highest BCUT2D eigenvalue weighted by Gasteiger charge is 2.44. The van der Waals surface area contributed by atoms with E-state index in [2.05, 4.69) is 5.32 Å². The Hall–Kier alpha value is -3.15. The summed E-state index contributed by atoms with van der Waals surface area (Å²) in [4.78, 5) is 39.9. The van der Waals surface area contributed by atoms with E-state index in [1.807, 2.05) is 43.3 Å². The van der Waals surface area contributed by atoms with Crippen molar-refractivity contribution in [1.82, 2.24) is 10.2 Å². The third-order valence-electron chi connectivity index (χ3n) is 4.46.